The van der Waals surface area contributed by atoms with Crippen LogP contribution < -0.4 is 0 Å². The minimum atomic E-state index is -0.194. The zero-order valence-electron chi connectivity index (χ0n) is 19.0. The minimum absolute atomic E-state index is 0.0122. The van der Waals surface area contributed by atoms with E-state index in [1.165, 1.54) is 25.8 Å². The Morgan fingerprint density at radius 3 is 2.46 bits per heavy atom. The fourth-order valence-corrected chi connectivity index (χ4v) is 5.99. The molecule has 0 amide bonds. The molecule has 0 aromatic heterocycles. The van der Waals surface area contributed by atoms with Crippen molar-refractivity contribution in [3.8, 4) is 0 Å². The summed E-state index contributed by atoms with van der Waals surface area (Å²) in [7, 11) is 0. The predicted molar refractivity (Wildman–Crippen MR) is 112 cm³/mol. The molecule has 160 valence electrons. The third kappa shape index (κ3) is 4.99. The summed E-state index contributed by atoms with van der Waals surface area (Å²) in [5, 5.41) is 0. The molecule has 28 heavy (non-hydrogen) atoms. The quantitative estimate of drug-likeness (QED) is 0.412. The molecule has 1 saturated carbocycles. The van der Waals surface area contributed by atoms with Crippen molar-refractivity contribution >= 4 is 11.9 Å². The Morgan fingerprint density at radius 1 is 1.18 bits per heavy atom. The van der Waals surface area contributed by atoms with Gasteiger partial charge in [0.05, 0.1) is 6.61 Å². The molecule has 4 nitrogen and oxygen atoms in total. The fourth-order valence-electron chi connectivity index (χ4n) is 5.99. The second kappa shape index (κ2) is 9.00. The molecule has 1 fully saturated rings. The molecule has 5 atom stereocenters. The van der Waals surface area contributed by atoms with Gasteiger partial charge < -0.3 is 9.47 Å². The summed E-state index contributed by atoms with van der Waals surface area (Å²) in [6.45, 7) is 15.1. The summed E-state index contributed by atoms with van der Waals surface area (Å²) >= 11 is 0. The van der Waals surface area contributed by atoms with Crippen molar-refractivity contribution in [2.24, 2.45) is 28.6 Å². The number of rotatable bonds is 7. The van der Waals surface area contributed by atoms with E-state index in [0.717, 1.165) is 32.1 Å². The zero-order chi connectivity index (χ0) is 21.1. The van der Waals surface area contributed by atoms with E-state index < -0.39 is 0 Å². The largest absolute Gasteiger partial charge is 0.466 e. The second-order valence-corrected chi connectivity index (χ2v) is 10.1. The molecule has 4 heteroatoms. The lowest BCUT2D eigenvalue weighted by Gasteiger charge is -2.59. The summed E-state index contributed by atoms with van der Waals surface area (Å²) in [6.07, 6.45) is 8.82. The van der Waals surface area contributed by atoms with E-state index in [-0.39, 0.29) is 28.9 Å². The van der Waals surface area contributed by atoms with Gasteiger partial charge in [0.25, 0.3) is 0 Å². The lowest BCUT2D eigenvalue weighted by molar-refractivity contribution is -0.171. The van der Waals surface area contributed by atoms with E-state index in [9.17, 15) is 9.59 Å². The van der Waals surface area contributed by atoms with Crippen molar-refractivity contribution in [1.29, 1.82) is 0 Å². The van der Waals surface area contributed by atoms with Crippen molar-refractivity contribution < 1.29 is 19.1 Å². The molecular weight excluding hydrogens is 352 g/mol. The van der Waals surface area contributed by atoms with Gasteiger partial charge in [0.2, 0.25) is 0 Å². The van der Waals surface area contributed by atoms with Gasteiger partial charge in [0, 0.05) is 19.3 Å². The Hall–Kier alpha value is -1.32. The van der Waals surface area contributed by atoms with Gasteiger partial charge in [0.15, 0.2) is 0 Å². The van der Waals surface area contributed by atoms with Gasteiger partial charge in [-0.2, -0.15) is 0 Å². The highest BCUT2D eigenvalue weighted by molar-refractivity contribution is 5.66. The van der Waals surface area contributed by atoms with E-state index in [0.29, 0.717) is 24.4 Å². The van der Waals surface area contributed by atoms with Gasteiger partial charge in [0.1, 0.15) is 6.10 Å². The third-order valence-corrected chi connectivity index (χ3v) is 7.66. The molecular formula is C24H40O4. The number of carbonyl (C=O) groups is 2. The molecule has 0 radical (unpaired) electrons. The molecule has 0 spiro atoms. The van der Waals surface area contributed by atoms with E-state index >= 15 is 0 Å². The molecule has 0 aliphatic heterocycles. The Kier molecular flexibility index (Phi) is 7.38. The molecule has 0 heterocycles. The van der Waals surface area contributed by atoms with Crippen LogP contribution in [0.1, 0.15) is 87.0 Å². The average molecular weight is 393 g/mol. The van der Waals surface area contributed by atoms with Crippen molar-refractivity contribution in [3.05, 3.63) is 11.6 Å². The number of fused-ring (bicyclic) bond motifs is 1. The third-order valence-electron chi connectivity index (χ3n) is 7.66. The summed E-state index contributed by atoms with van der Waals surface area (Å²) in [6, 6.07) is 0. The van der Waals surface area contributed by atoms with Crippen LogP contribution in [0.25, 0.3) is 0 Å². The van der Waals surface area contributed by atoms with Crippen molar-refractivity contribution in [2.75, 3.05) is 6.61 Å². The van der Waals surface area contributed by atoms with Gasteiger partial charge in [-0.25, -0.2) is 0 Å². The lowest BCUT2D eigenvalue weighted by atomic mass is 9.47. The van der Waals surface area contributed by atoms with Crippen molar-refractivity contribution in [1.82, 2.24) is 0 Å². The predicted octanol–water partition coefficient (Wildman–Crippen LogP) is 5.70. The number of ether oxygens (including phenoxy) is 2. The number of carbonyl (C=O) groups excluding carboxylic acids is 2. The van der Waals surface area contributed by atoms with Crippen molar-refractivity contribution in [3.63, 3.8) is 0 Å². The van der Waals surface area contributed by atoms with Gasteiger partial charge in [-0.05, 0) is 68.6 Å². The molecule has 2 aliphatic rings. The monoisotopic (exact) mass is 392 g/mol. The maximum absolute atomic E-state index is 11.6. The molecule has 2 unspecified atom stereocenters. The highest BCUT2D eigenvalue weighted by Crippen LogP contribution is 2.61. The molecule has 2 aliphatic carbocycles. The number of esters is 2. The maximum Gasteiger partial charge on any atom is 0.302 e. The summed E-state index contributed by atoms with van der Waals surface area (Å²) in [4.78, 5) is 22.6. The summed E-state index contributed by atoms with van der Waals surface area (Å²) < 4.78 is 10.8. The maximum atomic E-state index is 11.6. The van der Waals surface area contributed by atoms with Gasteiger partial charge >= 0.3 is 11.9 Å². The van der Waals surface area contributed by atoms with Gasteiger partial charge in [-0.1, -0.05) is 39.3 Å². The average Bonchev–Trinajstić information content (AvgIpc) is 2.56. The van der Waals surface area contributed by atoms with Crippen LogP contribution in [0, 0.1) is 28.6 Å². The lowest BCUT2D eigenvalue weighted by Crippen LogP contribution is -2.55. The number of hydrogen-bond donors (Lipinski definition) is 0. The van der Waals surface area contributed by atoms with Crippen LogP contribution in [-0.2, 0) is 19.1 Å². The summed E-state index contributed by atoms with van der Waals surface area (Å²) in [5.74, 6) is 1.27. The van der Waals surface area contributed by atoms with Crippen LogP contribution in [0.15, 0.2) is 11.6 Å². The van der Waals surface area contributed by atoms with Crippen LogP contribution in [0.5, 0.6) is 0 Å². The second-order valence-electron chi connectivity index (χ2n) is 10.1. The normalized spacial score (nSPS) is 32.7. The van der Waals surface area contributed by atoms with E-state index in [4.69, 9.17) is 9.47 Å². The van der Waals surface area contributed by atoms with Gasteiger partial charge in [-0.15, -0.1) is 0 Å². The standard InChI is InChI=1S/C24H40O4/c1-16(13-15-27-18(3)25)8-10-20-17(2)9-11-21-23(5,6)22(28-19(4)26)12-14-24(20,21)7/h9,16,20-22H,8,10-15H2,1-7H3/t16-,20?,21?,22-,24+/m0/s1. The van der Waals surface area contributed by atoms with Crippen LogP contribution in [-0.4, -0.2) is 24.6 Å². The topological polar surface area (TPSA) is 52.6 Å². The Bertz CT molecular complexity index is 606. The number of allylic oxidation sites excluding steroid dienone is 2. The van der Waals surface area contributed by atoms with Crippen LogP contribution in [0.2, 0.25) is 0 Å². The molecule has 0 bridgehead atoms. The minimum Gasteiger partial charge on any atom is -0.466 e. The van der Waals surface area contributed by atoms with Gasteiger partial charge in [-0.3, -0.25) is 9.59 Å². The summed E-state index contributed by atoms with van der Waals surface area (Å²) in [5.41, 5.74) is 1.75. The Balaban J connectivity index is 2.08. The van der Waals surface area contributed by atoms with E-state index in [1.807, 2.05) is 0 Å². The first-order valence-corrected chi connectivity index (χ1v) is 11.0. The molecule has 0 aromatic carbocycles. The zero-order valence-corrected chi connectivity index (χ0v) is 19.0. The fraction of sp³-hybridized carbons (Fsp3) is 0.833. The Labute approximate surface area is 171 Å². The van der Waals surface area contributed by atoms with E-state index in [2.05, 4.69) is 40.7 Å². The van der Waals surface area contributed by atoms with Crippen LogP contribution >= 0.6 is 0 Å². The molecule has 2 rings (SSSR count). The first kappa shape index (κ1) is 23.0. The first-order valence-electron chi connectivity index (χ1n) is 11.0. The molecule has 0 saturated heterocycles. The highest BCUT2D eigenvalue weighted by atomic mass is 16.5. The molecule has 0 aromatic rings. The van der Waals surface area contributed by atoms with E-state index in [1.54, 1.807) is 0 Å². The number of hydrogen-bond acceptors (Lipinski definition) is 4. The molecule has 0 N–H and O–H groups in total. The smallest absolute Gasteiger partial charge is 0.302 e. The first-order chi connectivity index (χ1) is 13.0. The highest BCUT2D eigenvalue weighted by Gasteiger charge is 2.56. The van der Waals surface area contributed by atoms with Crippen LogP contribution in [0.4, 0.5) is 0 Å². The van der Waals surface area contributed by atoms with Crippen molar-refractivity contribution in [2.45, 2.75) is 93.1 Å². The van der Waals surface area contributed by atoms with Crippen LogP contribution in [0.3, 0.4) is 0 Å². The Morgan fingerprint density at radius 2 is 1.86 bits per heavy atom. The SMILES string of the molecule is CC(=O)OCC[C@@H](C)CCC1C(C)=CCC2C(C)(C)[C@@H](OC(C)=O)CC[C@]12C.